The zero-order chi connectivity index (χ0) is 12.4. The molecule has 0 saturated carbocycles. The monoisotopic (exact) mass is 289 g/mol. The Bertz CT molecular complexity index is 542. The third-order valence-corrected chi connectivity index (χ3v) is 2.62. The molecule has 0 atom stereocenters. The van der Waals surface area contributed by atoms with Crippen molar-refractivity contribution in [3.63, 3.8) is 0 Å². The molecule has 1 aromatic carbocycles. The number of hydrogen-bond acceptors (Lipinski definition) is 4. The van der Waals surface area contributed by atoms with E-state index in [0.29, 0.717) is 22.2 Å². The van der Waals surface area contributed by atoms with Crippen molar-refractivity contribution in [2.75, 3.05) is 7.11 Å². The Labute approximate surface area is 113 Å². The van der Waals surface area contributed by atoms with Crippen LogP contribution in [0.25, 0.3) is 11.4 Å². The van der Waals surface area contributed by atoms with Crippen molar-refractivity contribution in [2.24, 2.45) is 0 Å². The minimum Gasteiger partial charge on any atom is -0.495 e. The van der Waals surface area contributed by atoms with E-state index in [4.69, 9.17) is 39.5 Å². The summed E-state index contributed by atoms with van der Waals surface area (Å²) in [4.78, 5) is 11.6. The molecule has 2 rings (SSSR count). The van der Waals surface area contributed by atoms with Gasteiger partial charge in [-0.1, -0.05) is 11.6 Å². The first kappa shape index (κ1) is 12.4. The molecule has 0 unspecified atom stereocenters. The highest BCUT2D eigenvalue weighted by Crippen LogP contribution is 2.29. The van der Waals surface area contributed by atoms with E-state index in [0.717, 1.165) is 0 Å². The fourth-order valence-electron chi connectivity index (χ4n) is 1.26. The van der Waals surface area contributed by atoms with Crippen molar-refractivity contribution in [3.8, 4) is 17.1 Å². The molecule has 0 spiro atoms. The number of nitrogens with zero attached hydrogens (tertiary/aromatic N) is 3. The number of benzene rings is 1. The first-order valence-electron chi connectivity index (χ1n) is 4.51. The van der Waals surface area contributed by atoms with Gasteiger partial charge in [-0.05, 0) is 41.4 Å². The van der Waals surface area contributed by atoms with Crippen LogP contribution in [-0.2, 0) is 0 Å². The molecule has 0 aliphatic carbocycles. The van der Waals surface area contributed by atoms with Gasteiger partial charge in [0.2, 0.25) is 10.6 Å². The maximum atomic E-state index is 6.00. The molecule has 4 nitrogen and oxygen atoms in total. The summed E-state index contributed by atoms with van der Waals surface area (Å²) in [6.45, 7) is 0. The number of methoxy groups -OCH3 is 1. The lowest BCUT2D eigenvalue weighted by molar-refractivity contribution is 0.415. The van der Waals surface area contributed by atoms with Crippen LogP contribution in [0.2, 0.25) is 15.6 Å². The molecule has 0 aliphatic rings. The number of halogens is 3. The highest BCUT2D eigenvalue weighted by Gasteiger charge is 2.08. The third-order valence-electron chi connectivity index (χ3n) is 1.99. The second kappa shape index (κ2) is 5.04. The van der Waals surface area contributed by atoms with E-state index in [1.807, 2.05) is 0 Å². The number of ether oxygens (including phenoxy) is 1. The standard InChI is InChI=1S/C10H6Cl3N3O/c1-17-7-3-2-5(4-6(7)11)8-14-9(12)16-10(13)15-8/h2-4H,1H3. The summed E-state index contributed by atoms with van der Waals surface area (Å²) >= 11 is 17.4. The summed E-state index contributed by atoms with van der Waals surface area (Å²) in [7, 11) is 1.54. The molecule has 0 N–H and O–H groups in total. The van der Waals surface area contributed by atoms with E-state index >= 15 is 0 Å². The summed E-state index contributed by atoms with van der Waals surface area (Å²) in [6.07, 6.45) is 0. The highest BCUT2D eigenvalue weighted by atomic mass is 35.5. The Balaban J connectivity index is 2.49. The van der Waals surface area contributed by atoms with Crippen LogP contribution in [0.5, 0.6) is 5.75 Å². The topological polar surface area (TPSA) is 47.9 Å². The molecular weight excluding hydrogens is 284 g/mol. The predicted molar refractivity (Wildman–Crippen MR) is 66.8 cm³/mol. The molecule has 2 aromatic rings. The lowest BCUT2D eigenvalue weighted by atomic mass is 10.2. The Morgan fingerprint density at radius 1 is 1.00 bits per heavy atom. The maximum Gasteiger partial charge on any atom is 0.227 e. The van der Waals surface area contributed by atoms with Crippen molar-refractivity contribution in [2.45, 2.75) is 0 Å². The van der Waals surface area contributed by atoms with Crippen LogP contribution >= 0.6 is 34.8 Å². The van der Waals surface area contributed by atoms with E-state index < -0.39 is 0 Å². The smallest absolute Gasteiger partial charge is 0.227 e. The summed E-state index contributed by atoms with van der Waals surface area (Å²) in [6, 6.07) is 5.14. The second-order valence-electron chi connectivity index (χ2n) is 3.05. The van der Waals surface area contributed by atoms with Gasteiger partial charge in [0.25, 0.3) is 0 Å². The van der Waals surface area contributed by atoms with Crippen molar-refractivity contribution in [1.29, 1.82) is 0 Å². The highest BCUT2D eigenvalue weighted by molar-refractivity contribution is 6.32. The first-order valence-corrected chi connectivity index (χ1v) is 5.64. The fraction of sp³-hybridized carbons (Fsp3) is 0.100. The molecule has 0 bridgehead atoms. The predicted octanol–water partition coefficient (Wildman–Crippen LogP) is 3.51. The van der Waals surface area contributed by atoms with Crippen molar-refractivity contribution in [1.82, 2.24) is 15.0 Å². The minimum atomic E-state index is 0.0342. The van der Waals surface area contributed by atoms with Gasteiger partial charge in [-0.25, -0.2) is 0 Å². The Kier molecular flexibility index (Phi) is 3.66. The van der Waals surface area contributed by atoms with Gasteiger partial charge in [-0.15, -0.1) is 0 Å². The van der Waals surface area contributed by atoms with E-state index in [-0.39, 0.29) is 10.6 Å². The molecule has 88 valence electrons. The summed E-state index contributed by atoms with van der Waals surface area (Å²) in [5.41, 5.74) is 0.682. The average Bonchev–Trinajstić information content (AvgIpc) is 2.27. The summed E-state index contributed by atoms with van der Waals surface area (Å²) in [5, 5.41) is 0.525. The molecule has 17 heavy (non-hydrogen) atoms. The van der Waals surface area contributed by atoms with E-state index in [9.17, 15) is 0 Å². The molecule has 0 aliphatic heterocycles. The van der Waals surface area contributed by atoms with Gasteiger partial charge in [0.1, 0.15) is 5.75 Å². The zero-order valence-corrected chi connectivity index (χ0v) is 10.9. The van der Waals surface area contributed by atoms with Gasteiger partial charge in [-0.3, -0.25) is 0 Å². The van der Waals surface area contributed by atoms with Crippen LogP contribution < -0.4 is 4.74 Å². The number of aromatic nitrogens is 3. The van der Waals surface area contributed by atoms with Crippen LogP contribution in [0, 0.1) is 0 Å². The van der Waals surface area contributed by atoms with Gasteiger partial charge in [-0.2, -0.15) is 15.0 Å². The van der Waals surface area contributed by atoms with Crippen LogP contribution in [0.1, 0.15) is 0 Å². The zero-order valence-electron chi connectivity index (χ0n) is 8.62. The molecule has 0 saturated heterocycles. The normalized spacial score (nSPS) is 10.4. The van der Waals surface area contributed by atoms with Crippen LogP contribution in [-0.4, -0.2) is 22.1 Å². The SMILES string of the molecule is COc1ccc(-c2nc(Cl)nc(Cl)n2)cc1Cl. The molecule has 0 amide bonds. The van der Waals surface area contributed by atoms with Gasteiger partial charge >= 0.3 is 0 Å². The Hall–Kier alpha value is -1.10. The maximum absolute atomic E-state index is 6.00. The number of hydrogen-bond donors (Lipinski definition) is 0. The van der Waals surface area contributed by atoms with Gasteiger partial charge in [0, 0.05) is 5.56 Å². The van der Waals surface area contributed by atoms with Crippen LogP contribution in [0.4, 0.5) is 0 Å². The lowest BCUT2D eigenvalue weighted by Crippen LogP contribution is -1.94. The molecule has 1 heterocycles. The van der Waals surface area contributed by atoms with Crippen LogP contribution in [0.15, 0.2) is 18.2 Å². The Morgan fingerprint density at radius 3 is 2.18 bits per heavy atom. The quantitative estimate of drug-likeness (QED) is 0.849. The van der Waals surface area contributed by atoms with Gasteiger partial charge in [0.05, 0.1) is 12.1 Å². The van der Waals surface area contributed by atoms with Crippen molar-refractivity contribution < 1.29 is 4.74 Å². The van der Waals surface area contributed by atoms with E-state index in [1.54, 1.807) is 18.2 Å². The third kappa shape index (κ3) is 2.77. The molecule has 1 aromatic heterocycles. The van der Waals surface area contributed by atoms with E-state index in [1.165, 1.54) is 7.11 Å². The largest absolute Gasteiger partial charge is 0.495 e. The average molecular weight is 291 g/mol. The summed E-state index contributed by atoms with van der Waals surface area (Å²) < 4.78 is 5.05. The lowest BCUT2D eigenvalue weighted by Gasteiger charge is -2.05. The molecule has 7 heteroatoms. The van der Waals surface area contributed by atoms with Gasteiger partial charge in [0.15, 0.2) is 5.82 Å². The Morgan fingerprint density at radius 2 is 1.65 bits per heavy atom. The van der Waals surface area contributed by atoms with Crippen molar-refractivity contribution >= 4 is 34.8 Å². The number of rotatable bonds is 2. The summed E-state index contributed by atoms with van der Waals surface area (Å²) in [5.74, 6) is 0.932. The van der Waals surface area contributed by atoms with E-state index in [2.05, 4.69) is 15.0 Å². The molecular formula is C10H6Cl3N3O. The van der Waals surface area contributed by atoms with Crippen molar-refractivity contribution in [3.05, 3.63) is 33.8 Å². The first-order chi connectivity index (χ1) is 8.10. The minimum absolute atomic E-state index is 0.0342. The van der Waals surface area contributed by atoms with Crippen LogP contribution in [0.3, 0.4) is 0 Å². The van der Waals surface area contributed by atoms with Gasteiger partial charge < -0.3 is 4.74 Å². The fourth-order valence-corrected chi connectivity index (χ4v) is 1.88. The molecule has 0 radical (unpaired) electrons. The molecule has 0 fully saturated rings. The second-order valence-corrected chi connectivity index (χ2v) is 4.13.